The number of ketones is 1. The van der Waals surface area contributed by atoms with Crippen molar-refractivity contribution in [1.29, 1.82) is 0 Å². The van der Waals surface area contributed by atoms with Gasteiger partial charge in [-0.2, -0.15) is 0 Å². The molecule has 31 heavy (non-hydrogen) atoms. The highest BCUT2D eigenvalue weighted by Gasteiger charge is 2.47. The first-order valence-electron chi connectivity index (χ1n) is 9.79. The van der Waals surface area contributed by atoms with Gasteiger partial charge in [0.05, 0.1) is 31.0 Å². The molecule has 1 saturated heterocycles. The molecule has 1 aromatic heterocycles. The molecule has 3 aromatic rings. The van der Waals surface area contributed by atoms with E-state index in [9.17, 15) is 19.1 Å². The van der Waals surface area contributed by atoms with Gasteiger partial charge in [0.25, 0.3) is 11.7 Å². The fourth-order valence-electron chi connectivity index (χ4n) is 3.69. The SMILES string of the molecule is CCOc1cccc(C(O)=C2C(=O)C(=O)N(Cc3ccco3)C2c2ccccc2F)c1. The molecule has 1 aliphatic rings. The Labute approximate surface area is 178 Å². The predicted octanol–water partition coefficient (Wildman–Crippen LogP) is 4.44. The van der Waals surface area contributed by atoms with Crippen molar-refractivity contribution in [2.75, 3.05) is 6.61 Å². The molecule has 0 bridgehead atoms. The first kappa shape index (κ1) is 20.4. The Kier molecular flexibility index (Phi) is 5.58. The van der Waals surface area contributed by atoms with E-state index in [4.69, 9.17) is 9.15 Å². The van der Waals surface area contributed by atoms with Crippen LogP contribution in [0.1, 0.15) is 29.9 Å². The summed E-state index contributed by atoms with van der Waals surface area (Å²) in [6, 6.07) is 14.6. The van der Waals surface area contributed by atoms with Crippen LogP contribution >= 0.6 is 0 Å². The van der Waals surface area contributed by atoms with Crippen molar-refractivity contribution in [1.82, 2.24) is 4.90 Å². The number of ether oxygens (including phenoxy) is 1. The molecule has 1 N–H and O–H groups in total. The topological polar surface area (TPSA) is 80.0 Å². The third-order valence-electron chi connectivity index (χ3n) is 5.06. The number of nitrogens with zero attached hydrogens (tertiary/aromatic N) is 1. The van der Waals surface area contributed by atoms with Crippen molar-refractivity contribution in [3.8, 4) is 5.75 Å². The van der Waals surface area contributed by atoms with Gasteiger partial charge in [-0.05, 0) is 37.3 Å². The summed E-state index contributed by atoms with van der Waals surface area (Å²) in [5, 5.41) is 11.0. The smallest absolute Gasteiger partial charge is 0.296 e. The fraction of sp³-hybridized carbons (Fsp3) is 0.167. The summed E-state index contributed by atoms with van der Waals surface area (Å²) in [5.41, 5.74) is 0.217. The van der Waals surface area contributed by atoms with Crippen LogP contribution in [-0.4, -0.2) is 28.3 Å². The average Bonchev–Trinajstić information content (AvgIpc) is 3.37. The number of Topliss-reactive ketones (excluding diaryl/α,β-unsaturated/α-hetero) is 1. The van der Waals surface area contributed by atoms with Crippen molar-refractivity contribution >= 4 is 17.4 Å². The van der Waals surface area contributed by atoms with E-state index < -0.39 is 29.3 Å². The number of carbonyl (C=O) groups excluding carboxylic acids is 2. The molecule has 1 unspecified atom stereocenters. The van der Waals surface area contributed by atoms with Crippen LogP contribution in [0.25, 0.3) is 5.76 Å². The van der Waals surface area contributed by atoms with E-state index in [1.54, 1.807) is 42.5 Å². The minimum Gasteiger partial charge on any atom is -0.507 e. The van der Waals surface area contributed by atoms with Crippen molar-refractivity contribution in [2.24, 2.45) is 0 Å². The summed E-state index contributed by atoms with van der Waals surface area (Å²) in [7, 11) is 0. The van der Waals surface area contributed by atoms with Crippen molar-refractivity contribution in [2.45, 2.75) is 19.5 Å². The zero-order chi connectivity index (χ0) is 22.0. The molecule has 2 aromatic carbocycles. The third kappa shape index (κ3) is 3.82. The lowest BCUT2D eigenvalue weighted by Gasteiger charge is -2.24. The molecule has 2 heterocycles. The minimum absolute atomic E-state index is 0.0493. The molecular weight excluding hydrogens is 401 g/mol. The van der Waals surface area contributed by atoms with Gasteiger partial charge in [0, 0.05) is 11.1 Å². The predicted molar refractivity (Wildman–Crippen MR) is 111 cm³/mol. The summed E-state index contributed by atoms with van der Waals surface area (Å²) in [6.07, 6.45) is 1.45. The molecule has 1 atom stereocenters. The molecule has 0 spiro atoms. The quantitative estimate of drug-likeness (QED) is 0.362. The maximum atomic E-state index is 14.8. The number of benzene rings is 2. The lowest BCUT2D eigenvalue weighted by molar-refractivity contribution is -0.140. The lowest BCUT2D eigenvalue weighted by Crippen LogP contribution is -2.29. The highest BCUT2D eigenvalue weighted by molar-refractivity contribution is 6.46. The normalized spacial score (nSPS) is 17.9. The van der Waals surface area contributed by atoms with Gasteiger partial charge < -0.3 is 19.2 Å². The van der Waals surface area contributed by atoms with Crippen LogP contribution in [-0.2, 0) is 16.1 Å². The summed E-state index contributed by atoms with van der Waals surface area (Å²) in [5.74, 6) is -1.78. The highest BCUT2D eigenvalue weighted by atomic mass is 19.1. The summed E-state index contributed by atoms with van der Waals surface area (Å²) >= 11 is 0. The number of aliphatic hydroxyl groups excluding tert-OH is 1. The van der Waals surface area contributed by atoms with Gasteiger partial charge in [0.2, 0.25) is 0 Å². The fourth-order valence-corrected chi connectivity index (χ4v) is 3.69. The van der Waals surface area contributed by atoms with E-state index in [2.05, 4.69) is 0 Å². The van der Waals surface area contributed by atoms with E-state index in [0.717, 1.165) is 0 Å². The Hall–Kier alpha value is -3.87. The summed E-state index contributed by atoms with van der Waals surface area (Å²) < 4.78 is 25.5. The number of halogens is 1. The average molecular weight is 421 g/mol. The van der Waals surface area contributed by atoms with Gasteiger partial charge in [-0.3, -0.25) is 9.59 Å². The molecular formula is C24H20FNO5. The Morgan fingerprint density at radius 2 is 1.94 bits per heavy atom. The molecule has 1 aliphatic heterocycles. The molecule has 0 saturated carbocycles. The third-order valence-corrected chi connectivity index (χ3v) is 5.06. The van der Waals surface area contributed by atoms with Gasteiger partial charge >= 0.3 is 0 Å². The number of furan rings is 1. The van der Waals surface area contributed by atoms with E-state index in [1.807, 2.05) is 6.92 Å². The van der Waals surface area contributed by atoms with Gasteiger partial charge in [0.1, 0.15) is 23.1 Å². The number of carbonyl (C=O) groups is 2. The van der Waals surface area contributed by atoms with Crippen molar-refractivity contribution in [3.05, 3.63) is 95.2 Å². The molecule has 1 amide bonds. The first-order valence-corrected chi connectivity index (χ1v) is 9.79. The van der Waals surface area contributed by atoms with Crippen LogP contribution in [0.15, 0.2) is 76.9 Å². The van der Waals surface area contributed by atoms with Crippen LogP contribution in [0.4, 0.5) is 4.39 Å². The summed E-state index contributed by atoms with van der Waals surface area (Å²) in [4.78, 5) is 27.1. The van der Waals surface area contributed by atoms with Crippen molar-refractivity contribution in [3.63, 3.8) is 0 Å². The van der Waals surface area contributed by atoms with E-state index in [0.29, 0.717) is 23.7 Å². The van der Waals surface area contributed by atoms with Gasteiger partial charge in [0.15, 0.2) is 0 Å². The second-order valence-corrected chi connectivity index (χ2v) is 6.99. The van der Waals surface area contributed by atoms with Crippen LogP contribution in [0, 0.1) is 5.82 Å². The zero-order valence-corrected chi connectivity index (χ0v) is 16.7. The lowest BCUT2D eigenvalue weighted by atomic mass is 9.95. The van der Waals surface area contributed by atoms with Gasteiger partial charge in [-0.1, -0.05) is 30.3 Å². The Bertz CT molecular complexity index is 1150. The monoisotopic (exact) mass is 421 g/mol. The van der Waals surface area contributed by atoms with Crippen LogP contribution in [0.3, 0.4) is 0 Å². The molecule has 0 radical (unpaired) electrons. The van der Waals surface area contributed by atoms with E-state index in [-0.39, 0.29) is 17.7 Å². The molecule has 6 nitrogen and oxygen atoms in total. The number of hydrogen-bond acceptors (Lipinski definition) is 5. The van der Waals surface area contributed by atoms with Gasteiger partial charge in [-0.25, -0.2) is 4.39 Å². The highest BCUT2D eigenvalue weighted by Crippen LogP contribution is 2.41. The zero-order valence-electron chi connectivity index (χ0n) is 16.7. The molecule has 0 aliphatic carbocycles. The molecule has 158 valence electrons. The number of rotatable bonds is 6. The molecule has 1 fully saturated rings. The van der Waals surface area contributed by atoms with Crippen LogP contribution in [0.5, 0.6) is 5.75 Å². The standard InChI is InChI=1S/C24H20FNO5/c1-2-30-16-8-5-7-15(13-16)22(27)20-21(18-10-3-4-11-19(18)25)26(24(29)23(20)28)14-17-9-6-12-31-17/h3-13,21,27H,2,14H2,1H3. The Morgan fingerprint density at radius 3 is 2.65 bits per heavy atom. The first-order chi connectivity index (χ1) is 15.0. The Balaban J connectivity index is 1.87. The van der Waals surface area contributed by atoms with Crippen molar-refractivity contribution < 1.29 is 28.2 Å². The second kappa shape index (κ2) is 8.47. The number of likely N-dealkylation sites (tertiary alicyclic amines) is 1. The minimum atomic E-state index is -1.11. The number of aliphatic hydroxyl groups is 1. The van der Waals surface area contributed by atoms with Crippen LogP contribution in [0.2, 0.25) is 0 Å². The van der Waals surface area contributed by atoms with E-state index in [1.165, 1.54) is 29.4 Å². The second-order valence-electron chi connectivity index (χ2n) is 6.99. The maximum Gasteiger partial charge on any atom is 0.296 e. The van der Waals surface area contributed by atoms with Gasteiger partial charge in [-0.15, -0.1) is 0 Å². The summed E-state index contributed by atoms with van der Waals surface area (Å²) in [6.45, 7) is 2.20. The van der Waals surface area contributed by atoms with E-state index >= 15 is 0 Å². The maximum absolute atomic E-state index is 14.8. The van der Waals surface area contributed by atoms with Crippen LogP contribution < -0.4 is 4.74 Å². The largest absolute Gasteiger partial charge is 0.507 e. The number of hydrogen-bond donors (Lipinski definition) is 1. The Morgan fingerprint density at radius 1 is 1.13 bits per heavy atom. The number of amides is 1. The molecule has 4 rings (SSSR count). The molecule has 7 heteroatoms.